The molecular weight excluding hydrogens is 298 g/mol. The highest BCUT2D eigenvalue weighted by Gasteiger charge is 2.08. The van der Waals surface area contributed by atoms with Crippen molar-refractivity contribution >= 4 is 5.96 Å². The van der Waals surface area contributed by atoms with E-state index in [-0.39, 0.29) is 0 Å². The second kappa shape index (κ2) is 8.52. The number of hydrogen-bond donors (Lipinski definition) is 2. The lowest BCUT2D eigenvalue weighted by atomic mass is 10.1. The maximum Gasteiger partial charge on any atom is 0.191 e. The molecule has 1 aromatic carbocycles. The zero-order valence-corrected chi connectivity index (χ0v) is 15.4. The van der Waals surface area contributed by atoms with Gasteiger partial charge in [0.2, 0.25) is 0 Å². The molecule has 0 bridgehead atoms. The number of benzene rings is 1. The fraction of sp³-hybridized carbons (Fsp3) is 0.474. The molecule has 0 aliphatic carbocycles. The van der Waals surface area contributed by atoms with E-state index in [2.05, 4.69) is 70.2 Å². The minimum atomic E-state index is 0.381. The first-order chi connectivity index (χ1) is 11.5. The molecule has 2 rings (SSSR count). The van der Waals surface area contributed by atoms with Gasteiger partial charge in [-0.1, -0.05) is 38.1 Å². The van der Waals surface area contributed by atoms with E-state index in [0.717, 1.165) is 24.9 Å². The predicted molar refractivity (Wildman–Crippen MR) is 100 cm³/mol. The molecule has 2 aromatic rings. The van der Waals surface area contributed by atoms with Crippen LogP contribution in [0.4, 0.5) is 0 Å². The van der Waals surface area contributed by atoms with Gasteiger partial charge >= 0.3 is 0 Å². The number of guanidine groups is 1. The van der Waals surface area contributed by atoms with Gasteiger partial charge < -0.3 is 15.2 Å². The second-order valence-corrected chi connectivity index (χ2v) is 6.53. The SMILES string of the molecule is CN=C(NCc1cccc(Cn2ccnc2C)c1)NC(C)C(C)C. The molecule has 0 spiro atoms. The molecule has 0 saturated heterocycles. The minimum absolute atomic E-state index is 0.381. The van der Waals surface area contributed by atoms with E-state index < -0.39 is 0 Å². The summed E-state index contributed by atoms with van der Waals surface area (Å²) in [4.78, 5) is 8.58. The van der Waals surface area contributed by atoms with Crippen molar-refractivity contribution in [3.05, 3.63) is 53.6 Å². The van der Waals surface area contributed by atoms with Crippen LogP contribution < -0.4 is 10.6 Å². The van der Waals surface area contributed by atoms with Gasteiger partial charge in [0.05, 0.1) is 0 Å². The highest BCUT2D eigenvalue weighted by Crippen LogP contribution is 2.09. The largest absolute Gasteiger partial charge is 0.354 e. The molecule has 0 aliphatic rings. The molecule has 1 unspecified atom stereocenters. The van der Waals surface area contributed by atoms with Gasteiger partial charge in [0.1, 0.15) is 5.82 Å². The highest BCUT2D eigenvalue weighted by atomic mass is 15.2. The molecule has 0 aliphatic heterocycles. The van der Waals surface area contributed by atoms with Crippen LogP contribution in [-0.4, -0.2) is 28.6 Å². The van der Waals surface area contributed by atoms with Crippen LogP contribution in [0.1, 0.15) is 37.7 Å². The molecule has 0 radical (unpaired) electrons. The van der Waals surface area contributed by atoms with Gasteiger partial charge in [0.25, 0.3) is 0 Å². The monoisotopic (exact) mass is 327 g/mol. The molecule has 1 aromatic heterocycles. The fourth-order valence-corrected chi connectivity index (χ4v) is 2.37. The molecule has 130 valence electrons. The number of aromatic nitrogens is 2. The van der Waals surface area contributed by atoms with Crippen LogP contribution in [0.3, 0.4) is 0 Å². The first kappa shape index (κ1) is 18.0. The van der Waals surface area contributed by atoms with Gasteiger partial charge in [-0.3, -0.25) is 4.99 Å². The summed E-state index contributed by atoms with van der Waals surface area (Å²) in [6, 6.07) is 9.00. The Morgan fingerprint density at radius 2 is 2.00 bits per heavy atom. The average Bonchev–Trinajstić information content (AvgIpc) is 2.96. The number of nitrogens with one attached hydrogen (secondary N) is 2. The summed E-state index contributed by atoms with van der Waals surface area (Å²) in [6.45, 7) is 10.2. The molecule has 24 heavy (non-hydrogen) atoms. The maximum atomic E-state index is 4.30. The Balaban J connectivity index is 1.95. The van der Waals surface area contributed by atoms with E-state index >= 15 is 0 Å². The number of nitrogens with zero attached hydrogens (tertiary/aromatic N) is 3. The predicted octanol–water partition coefficient (Wildman–Crippen LogP) is 2.95. The van der Waals surface area contributed by atoms with E-state index in [0.29, 0.717) is 12.0 Å². The normalized spacial score (nSPS) is 13.2. The lowest BCUT2D eigenvalue weighted by Crippen LogP contribution is -2.43. The first-order valence-electron chi connectivity index (χ1n) is 8.52. The lowest BCUT2D eigenvalue weighted by molar-refractivity contribution is 0.481. The third-order valence-electron chi connectivity index (χ3n) is 4.32. The third-order valence-corrected chi connectivity index (χ3v) is 4.32. The van der Waals surface area contributed by atoms with Gasteiger partial charge in [-0.15, -0.1) is 0 Å². The zero-order valence-electron chi connectivity index (χ0n) is 15.4. The molecule has 0 saturated carbocycles. The van der Waals surface area contributed by atoms with Crippen molar-refractivity contribution in [2.24, 2.45) is 10.9 Å². The molecule has 2 N–H and O–H groups in total. The summed E-state index contributed by atoms with van der Waals surface area (Å²) in [6.07, 6.45) is 3.85. The Labute approximate surface area is 145 Å². The van der Waals surface area contributed by atoms with Crippen molar-refractivity contribution in [1.82, 2.24) is 20.2 Å². The number of rotatable bonds is 6. The zero-order chi connectivity index (χ0) is 17.5. The summed E-state index contributed by atoms with van der Waals surface area (Å²) in [5.74, 6) is 2.43. The first-order valence-corrected chi connectivity index (χ1v) is 8.52. The van der Waals surface area contributed by atoms with E-state index in [1.807, 2.05) is 19.3 Å². The van der Waals surface area contributed by atoms with Gasteiger partial charge in [-0.2, -0.15) is 0 Å². The molecule has 0 amide bonds. The van der Waals surface area contributed by atoms with Crippen LogP contribution in [0, 0.1) is 12.8 Å². The maximum absolute atomic E-state index is 4.30. The number of imidazole rings is 1. The van der Waals surface area contributed by atoms with Gasteiger partial charge in [0.15, 0.2) is 5.96 Å². The number of hydrogen-bond acceptors (Lipinski definition) is 2. The Kier molecular flexibility index (Phi) is 6.41. The standard InChI is InChI=1S/C19H29N5/c1-14(2)15(3)23-19(20-5)22-12-17-7-6-8-18(11-17)13-24-10-9-21-16(24)4/h6-11,14-15H,12-13H2,1-5H3,(H2,20,22,23). The van der Waals surface area contributed by atoms with E-state index in [4.69, 9.17) is 0 Å². The number of aliphatic imine (C=N–C) groups is 1. The molecule has 1 atom stereocenters. The van der Waals surface area contributed by atoms with E-state index in [1.54, 1.807) is 7.05 Å². The lowest BCUT2D eigenvalue weighted by Gasteiger charge is -2.20. The molecular formula is C19H29N5. The van der Waals surface area contributed by atoms with Gasteiger partial charge in [-0.25, -0.2) is 4.98 Å². The van der Waals surface area contributed by atoms with Crippen LogP contribution in [-0.2, 0) is 13.1 Å². The third kappa shape index (κ3) is 5.11. The highest BCUT2D eigenvalue weighted by molar-refractivity contribution is 5.79. The molecule has 0 fully saturated rings. The Morgan fingerprint density at radius 1 is 1.25 bits per heavy atom. The van der Waals surface area contributed by atoms with Crippen molar-refractivity contribution in [2.45, 2.75) is 46.8 Å². The summed E-state index contributed by atoms with van der Waals surface area (Å²) in [5, 5.41) is 6.81. The van der Waals surface area contributed by atoms with Crippen molar-refractivity contribution in [3.8, 4) is 0 Å². The van der Waals surface area contributed by atoms with Crippen molar-refractivity contribution in [1.29, 1.82) is 0 Å². The number of aryl methyl sites for hydroxylation is 1. The van der Waals surface area contributed by atoms with Crippen molar-refractivity contribution in [2.75, 3.05) is 7.05 Å². The Bertz CT molecular complexity index is 672. The molecule has 1 heterocycles. The van der Waals surface area contributed by atoms with Crippen LogP contribution in [0.15, 0.2) is 41.7 Å². The fourth-order valence-electron chi connectivity index (χ4n) is 2.37. The topological polar surface area (TPSA) is 54.2 Å². The second-order valence-electron chi connectivity index (χ2n) is 6.53. The van der Waals surface area contributed by atoms with E-state index in [1.165, 1.54) is 11.1 Å². The van der Waals surface area contributed by atoms with Crippen LogP contribution >= 0.6 is 0 Å². The summed E-state index contributed by atoms with van der Waals surface area (Å²) < 4.78 is 2.15. The Morgan fingerprint density at radius 3 is 2.62 bits per heavy atom. The van der Waals surface area contributed by atoms with Gasteiger partial charge in [-0.05, 0) is 30.9 Å². The van der Waals surface area contributed by atoms with Gasteiger partial charge in [0, 0.05) is 38.6 Å². The van der Waals surface area contributed by atoms with Crippen LogP contribution in [0.5, 0.6) is 0 Å². The Hall–Kier alpha value is -2.30. The summed E-state index contributed by atoms with van der Waals surface area (Å²) in [7, 11) is 1.81. The smallest absolute Gasteiger partial charge is 0.191 e. The van der Waals surface area contributed by atoms with Crippen LogP contribution in [0.25, 0.3) is 0 Å². The van der Waals surface area contributed by atoms with Crippen molar-refractivity contribution in [3.63, 3.8) is 0 Å². The quantitative estimate of drug-likeness (QED) is 0.633. The average molecular weight is 327 g/mol. The molecule has 5 nitrogen and oxygen atoms in total. The minimum Gasteiger partial charge on any atom is -0.354 e. The summed E-state index contributed by atoms with van der Waals surface area (Å²) in [5.41, 5.74) is 2.51. The molecule has 5 heteroatoms. The summed E-state index contributed by atoms with van der Waals surface area (Å²) >= 11 is 0. The van der Waals surface area contributed by atoms with Crippen LogP contribution in [0.2, 0.25) is 0 Å². The van der Waals surface area contributed by atoms with Crippen molar-refractivity contribution < 1.29 is 0 Å². The van der Waals surface area contributed by atoms with E-state index in [9.17, 15) is 0 Å².